The van der Waals surface area contributed by atoms with Crippen molar-refractivity contribution in [3.8, 4) is 5.75 Å². The lowest BCUT2D eigenvalue weighted by Crippen LogP contribution is -2.42. The molecule has 0 atom stereocenters. The molecule has 136 valence electrons. The number of halogens is 1. The molecule has 0 bridgehead atoms. The van der Waals surface area contributed by atoms with Gasteiger partial charge in [0.2, 0.25) is 0 Å². The Kier molecular flexibility index (Phi) is 5.44. The van der Waals surface area contributed by atoms with E-state index < -0.39 is 0 Å². The first-order valence-corrected chi connectivity index (χ1v) is 8.61. The Hall–Kier alpha value is -2.57. The van der Waals surface area contributed by atoms with E-state index >= 15 is 0 Å². The van der Waals surface area contributed by atoms with Gasteiger partial charge in [-0.25, -0.2) is 0 Å². The highest BCUT2D eigenvalue weighted by Crippen LogP contribution is 2.34. The number of nitrogens with zero attached hydrogens (tertiary/aromatic N) is 2. The summed E-state index contributed by atoms with van der Waals surface area (Å²) in [6, 6.07) is 11.9. The summed E-state index contributed by atoms with van der Waals surface area (Å²) in [6.07, 6.45) is 0. The SMILES string of the molecule is CN(C)CCN1C(=O)COc2ccc(NC(=O)c3ccc(Cl)cc3)cc21. The topological polar surface area (TPSA) is 61.9 Å². The minimum Gasteiger partial charge on any atom is -0.482 e. The van der Waals surface area contributed by atoms with Crippen molar-refractivity contribution in [2.24, 2.45) is 0 Å². The molecule has 0 saturated heterocycles. The molecule has 2 amide bonds. The summed E-state index contributed by atoms with van der Waals surface area (Å²) in [5, 5.41) is 3.41. The van der Waals surface area contributed by atoms with Crippen LogP contribution >= 0.6 is 11.6 Å². The highest BCUT2D eigenvalue weighted by molar-refractivity contribution is 6.30. The Morgan fingerprint density at radius 2 is 1.96 bits per heavy atom. The number of fused-ring (bicyclic) bond motifs is 1. The molecule has 3 rings (SSSR count). The van der Waals surface area contributed by atoms with Crippen molar-refractivity contribution >= 4 is 34.8 Å². The van der Waals surface area contributed by atoms with Crippen LogP contribution in [-0.2, 0) is 4.79 Å². The van der Waals surface area contributed by atoms with Gasteiger partial charge < -0.3 is 19.9 Å². The van der Waals surface area contributed by atoms with Crippen LogP contribution in [0.2, 0.25) is 5.02 Å². The molecular formula is C19H20ClN3O3. The van der Waals surface area contributed by atoms with E-state index in [0.717, 1.165) is 6.54 Å². The van der Waals surface area contributed by atoms with Crippen LogP contribution < -0.4 is 15.0 Å². The number of likely N-dealkylation sites (N-methyl/N-ethyl adjacent to an activating group) is 1. The van der Waals surface area contributed by atoms with Crippen molar-refractivity contribution in [1.82, 2.24) is 4.90 Å². The molecule has 0 aromatic heterocycles. The predicted molar refractivity (Wildman–Crippen MR) is 102 cm³/mol. The molecule has 1 heterocycles. The highest BCUT2D eigenvalue weighted by Gasteiger charge is 2.25. The Bertz CT molecular complexity index is 821. The third kappa shape index (κ3) is 4.15. The van der Waals surface area contributed by atoms with Crippen LogP contribution in [0.3, 0.4) is 0 Å². The zero-order valence-electron chi connectivity index (χ0n) is 14.7. The monoisotopic (exact) mass is 373 g/mol. The molecular weight excluding hydrogens is 354 g/mol. The maximum atomic E-state index is 12.4. The first-order chi connectivity index (χ1) is 12.4. The van der Waals surface area contributed by atoms with E-state index in [1.807, 2.05) is 19.0 Å². The van der Waals surface area contributed by atoms with Crippen LogP contribution in [0.5, 0.6) is 5.75 Å². The fourth-order valence-corrected chi connectivity index (χ4v) is 2.76. The van der Waals surface area contributed by atoms with E-state index in [4.69, 9.17) is 16.3 Å². The third-order valence-electron chi connectivity index (χ3n) is 4.04. The van der Waals surface area contributed by atoms with Crippen LogP contribution in [0.4, 0.5) is 11.4 Å². The van der Waals surface area contributed by atoms with Crippen molar-refractivity contribution in [2.75, 3.05) is 44.0 Å². The summed E-state index contributed by atoms with van der Waals surface area (Å²) in [4.78, 5) is 28.3. The normalized spacial score (nSPS) is 13.4. The van der Waals surface area contributed by atoms with Crippen LogP contribution in [0, 0.1) is 0 Å². The Morgan fingerprint density at radius 3 is 2.65 bits per heavy atom. The zero-order chi connectivity index (χ0) is 18.7. The van der Waals surface area contributed by atoms with E-state index in [2.05, 4.69) is 5.32 Å². The van der Waals surface area contributed by atoms with E-state index in [0.29, 0.717) is 34.3 Å². The molecule has 1 N–H and O–H groups in total. The fraction of sp³-hybridized carbons (Fsp3) is 0.263. The van der Waals surface area contributed by atoms with Gasteiger partial charge in [-0.15, -0.1) is 0 Å². The van der Waals surface area contributed by atoms with Crippen molar-refractivity contribution in [2.45, 2.75) is 0 Å². The van der Waals surface area contributed by atoms with Crippen LogP contribution in [-0.4, -0.2) is 50.5 Å². The number of hydrogen-bond donors (Lipinski definition) is 1. The standard InChI is InChI=1S/C19H20ClN3O3/c1-22(2)9-10-23-16-11-15(7-8-17(16)26-12-18(23)24)21-19(25)13-3-5-14(20)6-4-13/h3-8,11H,9-10,12H2,1-2H3,(H,21,25). The minimum atomic E-state index is -0.246. The smallest absolute Gasteiger partial charge is 0.265 e. The average Bonchev–Trinajstić information content (AvgIpc) is 2.61. The van der Waals surface area contributed by atoms with Crippen molar-refractivity contribution < 1.29 is 14.3 Å². The second kappa shape index (κ2) is 7.76. The lowest BCUT2D eigenvalue weighted by molar-refractivity contribution is -0.121. The van der Waals surface area contributed by atoms with E-state index in [-0.39, 0.29) is 18.4 Å². The largest absolute Gasteiger partial charge is 0.482 e. The summed E-state index contributed by atoms with van der Waals surface area (Å²) < 4.78 is 5.50. The third-order valence-corrected chi connectivity index (χ3v) is 4.29. The number of carbonyl (C=O) groups excluding carboxylic acids is 2. The number of rotatable bonds is 5. The van der Waals surface area contributed by atoms with Crippen LogP contribution in [0.25, 0.3) is 0 Å². The summed E-state index contributed by atoms with van der Waals surface area (Å²) >= 11 is 5.85. The molecule has 0 saturated carbocycles. The minimum absolute atomic E-state index is 0.0247. The van der Waals surface area contributed by atoms with Gasteiger partial charge in [0.05, 0.1) is 5.69 Å². The van der Waals surface area contributed by atoms with Gasteiger partial charge in [-0.05, 0) is 56.6 Å². The Balaban J connectivity index is 1.81. The van der Waals surface area contributed by atoms with Gasteiger partial charge >= 0.3 is 0 Å². The maximum absolute atomic E-state index is 12.4. The molecule has 6 nitrogen and oxygen atoms in total. The van der Waals surface area contributed by atoms with E-state index in [1.165, 1.54) is 0 Å². The van der Waals surface area contributed by atoms with Gasteiger partial charge in [0.15, 0.2) is 6.61 Å². The number of benzene rings is 2. The average molecular weight is 374 g/mol. The molecule has 0 radical (unpaired) electrons. The van der Waals surface area contributed by atoms with Gasteiger partial charge in [0.25, 0.3) is 11.8 Å². The number of amides is 2. The molecule has 2 aromatic carbocycles. The molecule has 1 aliphatic rings. The Labute approximate surface area is 157 Å². The molecule has 0 unspecified atom stereocenters. The highest BCUT2D eigenvalue weighted by atomic mass is 35.5. The van der Waals surface area contributed by atoms with Crippen molar-refractivity contribution in [1.29, 1.82) is 0 Å². The summed E-state index contributed by atoms with van der Waals surface area (Å²) in [5.41, 5.74) is 1.76. The van der Waals surface area contributed by atoms with Gasteiger partial charge in [-0.2, -0.15) is 0 Å². The van der Waals surface area contributed by atoms with Gasteiger partial charge in [0.1, 0.15) is 5.75 Å². The van der Waals surface area contributed by atoms with Crippen molar-refractivity contribution in [3.05, 3.63) is 53.1 Å². The number of anilines is 2. The molecule has 2 aromatic rings. The zero-order valence-corrected chi connectivity index (χ0v) is 15.4. The lowest BCUT2D eigenvalue weighted by Gasteiger charge is -2.30. The van der Waals surface area contributed by atoms with Crippen molar-refractivity contribution in [3.63, 3.8) is 0 Å². The molecule has 7 heteroatoms. The Morgan fingerprint density at radius 1 is 1.23 bits per heavy atom. The number of hydrogen-bond acceptors (Lipinski definition) is 4. The fourth-order valence-electron chi connectivity index (χ4n) is 2.63. The van der Waals surface area contributed by atoms with Gasteiger partial charge in [-0.1, -0.05) is 11.6 Å². The van der Waals surface area contributed by atoms with Gasteiger partial charge in [-0.3, -0.25) is 9.59 Å². The summed E-state index contributed by atoms with van der Waals surface area (Å²) in [5.74, 6) is 0.290. The molecule has 0 fully saturated rings. The van der Waals surface area contributed by atoms with Crippen LogP contribution in [0.1, 0.15) is 10.4 Å². The summed E-state index contributed by atoms with van der Waals surface area (Å²) in [6.45, 7) is 1.31. The number of carbonyl (C=O) groups is 2. The number of ether oxygens (including phenoxy) is 1. The van der Waals surface area contributed by atoms with Gasteiger partial charge in [0, 0.05) is 29.4 Å². The van der Waals surface area contributed by atoms with Crippen LogP contribution in [0.15, 0.2) is 42.5 Å². The lowest BCUT2D eigenvalue weighted by atomic mass is 10.1. The number of nitrogens with one attached hydrogen (secondary N) is 1. The summed E-state index contributed by atoms with van der Waals surface area (Å²) in [7, 11) is 3.91. The van der Waals surface area contributed by atoms with E-state index in [1.54, 1.807) is 47.4 Å². The second-order valence-corrected chi connectivity index (χ2v) is 6.72. The predicted octanol–water partition coefficient (Wildman–Crippen LogP) is 2.88. The van der Waals surface area contributed by atoms with E-state index in [9.17, 15) is 9.59 Å². The first kappa shape index (κ1) is 18.2. The molecule has 0 aliphatic carbocycles. The molecule has 26 heavy (non-hydrogen) atoms. The second-order valence-electron chi connectivity index (χ2n) is 6.28. The molecule has 0 spiro atoms. The first-order valence-electron chi connectivity index (χ1n) is 8.23. The quantitative estimate of drug-likeness (QED) is 0.875. The molecule has 1 aliphatic heterocycles. The maximum Gasteiger partial charge on any atom is 0.265 e.